The first-order valence-electron chi connectivity index (χ1n) is 3.77. The van der Waals surface area contributed by atoms with Crippen molar-refractivity contribution in [1.82, 2.24) is 0 Å². The van der Waals surface area contributed by atoms with E-state index in [0.717, 1.165) is 0 Å². The van der Waals surface area contributed by atoms with E-state index in [1.54, 1.807) is 0 Å². The van der Waals surface area contributed by atoms with E-state index in [1.165, 1.54) is 6.08 Å². The Morgan fingerprint density at radius 2 is 2.36 bits per heavy atom. The molecule has 2 N–H and O–H groups in total. The zero-order valence-electron chi connectivity index (χ0n) is 6.29. The molecule has 0 bridgehead atoms. The summed E-state index contributed by atoms with van der Waals surface area (Å²) in [7, 11) is 0. The van der Waals surface area contributed by atoms with Crippen LogP contribution in [0.3, 0.4) is 0 Å². The van der Waals surface area contributed by atoms with Crippen LogP contribution < -0.4 is 0 Å². The van der Waals surface area contributed by atoms with Gasteiger partial charge >= 0.3 is 0 Å². The van der Waals surface area contributed by atoms with Gasteiger partial charge in [-0.15, -0.1) is 0 Å². The summed E-state index contributed by atoms with van der Waals surface area (Å²) < 4.78 is 0. The molecule has 3 nitrogen and oxygen atoms in total. The standard InChI is InChI=1S/C8H12O3/c9-5-6-4-7(10)2-1-3-8(6)11/h4,7,9-10H,1-3,5H2. The minimum Gasteiger partial charge on any atom is -0.392 e. The van der Waals surface area contributed by atoms with Crippen LogP contribution in [0.5, 0.6) is 0 Å². The van der Waals surface area contributed by atoms with Gasteiger partial charge in [-0.05, 0) is 18.9 Å². The smallest absolute Gasteiger partial charge is 0.160 e. The summed E-state index contributed by atoms with van der Waals surface area (Å²) in [5.74, 6) is -0.0379. The average Bonchev–Trinajstić information content (AvgIpc) is 2.13. The monoisotopic (exact) mass is 156 g/mol. The van der Waals surface area contributed by atoms with Crippen LogP contribution in [0.4, 0.5) is 0 Å². The van der Waals surface area contributed by atoms with Crippen molar-refractivity contribution in [3.8, 4) is 0 Å². The zero-order chi connectivity index (χ0) is 8.27. The van der Waals surface area contributed by atoms with Gasteiger partial charge in [0.15, 0.2) is 5.78 Å². The van der Waals surface area contributed by atoms with Crippen molar-refractivity contribution in [2.45, 2.75) is 25.4 Å². The van der Waals surface area contributed by atoms with Crippen LogP contribution in [0.2, 0.25) is 0 Å². The van der Waals surface area contributed by atoms with Crippen molar-refractivity contribution >= 4 is 5.78 Å². The van der Waals surface area contributed by atoms with Gasteiger partial charge < -0.3 is 10.2 Å². The summed E-state index contributed by atoms with van der Waals surface area (Å²) in [6.07, 6.45) is 2.68. The molecule has 3 heteroatoms. The molecule has 0 heterocycles. The van der Waals surface area contributed by atoms with Crippen molar-refractivity contribution in [2.24, 2.45) is 0 Å². The molecule has 0 aromatic rings. The molecule has 1 rings (SSSR count). The van der Waals surface area contributed by atoms with E-state index in [-0.39, 0.29) is 12.4 Å². The van der Waals surface area contributed by atoms with E-state index in [9.17, 15) is 4.79 Å². The van der Waals surface area contributed by atoms with Crippen molar-refractivity contribution in [2.75, 3.05) is 6.61 Å². The van der Waals surface area contributed by atoms with E-state index < -0.39 is 6.10 Å². The maximum absolute atomic E-state index is 11.1. The lowest BCUT2D eigenvalue weighted by molar-refractivity contribution is -0.115. The maximum atomic E-state index is 11.1. The van der Waals surface area contributed by atoms with Crippen molar-refractivity contribution in [1.29, 1.82) is 0 Å². The van der Waals surface area contributed by atoms with Crippen LogP contribution in [0, 0.1) is 0 Å². The Balaban J connectivity index is 2.73. The fourth-order valence-electron chi connectivity index (χ4n) is 1.18. The van der Waals surface area contributed by atoms with Crippen LogP contribution in [0.1, 0.15) is 19.3 Å². The van der Waals surface area contributed by atoms with Gasteiger partial charge in [0.25, 0.3) is 0 Å². The summed E-state index contributed by atoms with van der Waals surface area (Å²) in [6.45, 7) is -0.254. The molecule has 0 aromatic carbocycles. The normalized spacial score (nSPS) is 26.2. The maximum Gasteiger partial charge on any atom is 0.160 e. The minimum atomic E-state index is -0.552. The summed E-state index contributed by atoms with van der Waals surface area (Å²) in [6, 6.07) is 0. The van der Waals surface area contributed by atoms with Gasteiger partial charge in [0, 0.05) is 12.0 Å². The predicted octanol–water partition coefficient (Wildman–Crippen LogP) is 0.0190. The number of carbonyl (C=O) groups excluding carboxylic acids is 1. The molecule has 1 aliphatic carbocycles. The van der Waals surface area contributed by atoms with Gasteiger partial charge in [0.05, 0.1) is 12.7 Å². The third-order valence-electron chi connectivity index (χ3n) is 1.83. The Kier molecular flexibility index (Phi) is 2.79. The fraction of sp³-hybridized carbons (Fsp3) is 0.625. The predicted molar refractivity (Wildman–Crippen MR) is 40.0 cm³/mol. The molecule has 1 unspecified atom stereocenters. The van der Waals surface area contributed by atoms with Gasteiger partial charge in [0.1, 0.15) is 0 Å². The quantitative estimate of drug-likeness (QED) is 0.562. The lowest BCUT2D eigenvalue weighted by Crippen LogP contribution is -2.06. The highest BCUT2D eigenvalue weighted by atomic mass is 16.3. The van der Waals surface area contributed by atoms with Crippen LogP contribution >= 0.6 is 0 Å². The topological polar surface area (TPSA) is 57.5 Å². The first kappa shape index (κ1) is 8.43. The number of ketones is 1. The lowest BCUT2D eigenvalue weighted by atomic mass is 10.1. The molecule has 0 aliphatic heterocycles. The molecule has 0 radical (unpaired) electrons. The Morgan fingerprint density at radius 1 is 1.64 bits per heavy atom. The molecule has 11 heavy (non-hydrogen) atoms. The second-order valence-corrected chi connectivity index (χ2v) is 2.73. The minimum absolute atomic E-state index is 0.0379. The van der Waals surface area contributed by atoms with Crippen LogP contribution in [-0.2, 0) is 4.79 Å². The Bertz CT molecular complexity index is 184. The highest BCUT2D eigenvalue weighted by Gasteiger charge is 2.15. The Hall–Kier alpha value is -0.670. The lowest BCUT2D eigenvalue weighted by Gasteiger charge is -2.00. The van der Waals surface area contributed by atoms with Crippen molar-refractivity contribution < 1.29 is 15.0 Å². The molecule has 1 atom stereocenters. The molecule has 0 fully saturated rings. The van der Waals surface area contributed by atoms with Gasteiger partial charge in [-0.25, -0.2) is 0 Å². The third-order valence-corrected chi connectivity index (χ3v) is 1.83. The first-order valence-corrected chi connectivity index (χ1v) is 3.77. The van der Waals surface area contributed by atoms with E-state index in [4.69, 9.17) is 10.2 Å². The summed E-state index contributed by atoms with van der Waals surface area (Å²) in [4.78, 5) is 11.1. The summed E-state index contributed by atoms with van der Waals surface area (Å²) in [5.41, 5.74) is 0.356. The van der Waals surface area contributed by atoms with Gasteiger partial charge in [-0.3, -0.25) is 4.79 Å². The van der Waals surface area contributed by atoms with E-state index in [2.05, 4.69) is 0 Å². The van der Waals surface area contributed by atoms with Crippen LogP contribution in [0.25, 0.3) is 0 Å². The number of aliphatic hydroxyl groups is 2. The highest BCUT2D eigenvalue weighted by molar-refractivity contribution is 5.95. The molecular weight excluding hydrogens is 144 g/mol. The summed E-state index contributed by atoms with van der Waals surface area (Å²) >= 11 is 0. The van der Waals surface area contributed by atoms with Crippen molar-refractivity contribution in [3.05, 3.63) is 11.6 Å². The largest absolute Gasteiger partial charge is 0.392 e. The second-order valence-electron chi connectivity index (χ2n) is 2.73. The van der Waals surface area contributed by atoms with Gasteiger partial charge in [-0.2, -0.15) is 0 Å². The number of Topliss-reactive ketones (excluding diaryl/α,β-unsaturated/α-hetero) is 1. The van der Waals surface area contributed by atoms with E-state index in [0.29, 0.717) is 24.8 Å². The number of hydrogen-bond donors (Lipinski definition) is 2. The SMILES string of the molecule is O=C1CCCC(O)C=C1CO. The summed E-state index contributed by atoms with van der Waals surface area (Å²) in [5, 5.41) is 17.9. The highest BCUT2D eigenvalue weighted by Crippen LogP contribution is 2.13. The van der Waals surface area contributed by atoms with E-state index in [1.807, 2.05) is 0 Å². The molecule has 0 spiro atoms. The number of rotatable bonds is 1. The first-order chi connectivity index (χ1) is 5.24. The average molecular weight is 156 g/mol. The van der Waals surface area contributed by atoms with Crippen LogP contribution in [-0.4, -0.2) is 28.7 Å². The number of hydrogen-bond acceptors (Lipinski definition) is 3. The fourth-order valence-corrected chi connectivity index (χ4v) is 1.18. The molecular formula is C8H12O3. The van der Waals surface area contributed by atoms with Gasteiger partial charge in [-0.1, -0.05) is 0 Å². The number of aliphatic hydroxyl groups excluding tert-OH is 2. The molecule has 0 amide bonds. The molecule has 0 aromatic heterocycles. The molecule has 62 valence electrons. The van der Waals surface area contributed by atoms with E-state index >= 15 is 0 Å². The Labute approximate surface area is 65.3 Å². The van der Waals surface area contributed by atoms with Crippen LogP contribution in [0.15, 0.2) is 11.6 Å². The Morgan fingerprint density at radius 3 is 3.00 bits per heavy atom. The van der Waals surface area contributed by atoms with Crippen molar-refractivity contribution in [3.63, 3.8) is 0 Å². The second kappa shape index (κ2) is 3.64. The molecule has 0 saturated heterocycles. The third kappa shape index (κ3) is 2.13. The molecule has 1 aliphatic rings. The number of carbonyl (C=O) groups is 1. The molecule has 0 saturated carbocycles. The zero-order valence-corrected chi connectivity index (χ0v) is 6.29. The van der Waals surface area contributed by atoms with Gasteiger partial charge in [0.2, 0.25) is 0 Å².